The van der Waals surface area contributed by atoms with Crippen molar-refractivity contribution < 1.29 is 0 Å². The van der Waals surface area contributed by atoms with Gasteiger partial charge in [0.1, 0.15) is 0 Å². The molecule has 0 aliphatic carbocycles. The molecule has 0 aromatic heterocycles. The third kappa shape index (κ3) is 3.10. The summed E-state index contributed by atoms with van der Waals surface area (Å²) < 4.78 is 0. The van der Waals surface area contributed by atoms with Crippen molar-refractivity contribution in [3.8, 4) is 0 Å². The minimum Gasteiger partial charge on any atom is -0.295 e. The van der Waals surface area contributed by atoms with Crippen LogP contribution in [0.4, 0.5) is 0 Å². The summed E-state index contributed by atoms with van der Waals surface area (Å²) in [6.45, 7) is 2.22. The fraction of sp³-hybridized carbons (Fsp3) is 0.500. The number of alkyl halides is 1. The fourth-order valence-corrected chi connectivity index (χ4v) is 2.47. The van der Waals surface area contributed by atoms with E-state index in [2.05, 4.69) is 35.2 Å². The summed E-state index contributed by atoms with van der Waals surface area (Å²) in [6, 6.07) is 11.4. The first-order valence-corrected chi connectivity index (χ1v) is 5.80. The molecule has 1 aliphatic rings. The van der Waals surface area contributed by atoms with Gasteiger partial charge >= 0.3 is 0 Å². The Labute approximate surface area is 103 Å². The molecule has 1 aliphatic heterocycles. The quantitative estimate of drug-likeness (QED) is 0.738. The molecule has 84 valence electrons. The van der Waals surface area contributed by atoms with Crippen LogP contribution in [-0.2, 0) is 0 Å². The molecule has 1 unspecified atom stereocenters. The Hall–Kier alpha value is -0.240. The van der Waals surface area contributed by atoms with Crippen molar-refractivity contribution in [2.75, 3.05) is 19.0 Å². The molecule has 1 aromatic carbocycles. The van der Waals surface area contributed by atoms with E-state index in [-0.39, 0.29) is 12.4 Å². The second-order valence-corrected chi connectivity index (χ2v) is 4.17. The SMILES string of the molecule is Cl.ClCCN1CCCC1c1ccccc1. The Balaban J connectivity index is 0.00000112. The molecule has 1 heterocycles. The van der Waals surface area contributed by atoms with Crippen LogP contribution in [0.15, 0.2) is 30.3 Å². The lowest BCUT2D eigenvalue weighted by Gasteiger charge is -2.23. The monoisotopic (exact) mass is 245 g/mol. The Morgan fingerprint density at radius 2 is 2.00 bits per heavy atom. The highest BCUT2D eigenvalue weighted by atomic mass is 35.5. The highest BCUT2D eigenvalue weighted by Crippen LogP contribution is 2.31. The lowest BCUT2D eigenvalue weighted by Crippen LogP contribution is -2.25. The minimum atomic E-state index is 0. The van der Waals surface area contributed by atoms with Gasteiger partial charge in [0.25, 0.3) is 0 Å². The summed E-state index contributed by atoms with van der Waals surface area (Å²) in [5.74, 6) is 0.739. The number of hydrogen-bond acceptors (Lipinski definition) is 1. The summed E-state index contributed by atoms with van der Waals surface area (Å²) in [4.78, 5) is 2.49. The lowest BCUT2D eigenvalue weighted by atomic mass is 10.1. The van der Waals surface area contributed by atoms with Gasteiger partial charge in [-0.3, -0.25) is 4.90 Å². The molecule has 0 N–H and O–H groups in total. The molecule has 15 heavy (non-hydrogen) atoms. The first kappa shape index (κ1) is 12.8. The molecule has 1 nitrogen and oxygen atoms in total. The van der Waals surface area contributed by atoms with Gasteiger partial charge < -0.3 is 0 Å². The molecule has 1 saturated heterocycles. The molecule has 0 radical (unpaired) electrons. The predicted octanol–water partition coefficient (Wildman–Crippen LogP) is 3.48. The summed E-state index contributed by atoms with van der Waals surface area (Å²) >= 11 is 5.79. The van der Waals surface area contributed by atoms with Gasteiger partial charge in [-0.2, -0.15) is 0 Å². The fourth-order valence-electron chi connectivity index (χ4n) is 2.26. The third-order valence-corrected chi connectivity index (χ3v) is 3.09. The summed E-state index contributed by atoms with van der Waals surface area (Å²) in [6.07, 6.45) is 2.58. The van der Waals surface area contributed by atoms with Crippen molar-refractivity contribution in [3.05, 3.63) is 35.9 Å². The van der Waals surface area contributed by atoms with Crippen LogP contribution in [0.2, 0.25) is 0 Å². The molecule has 2 rings (SSSR count). The van der Waals surface area contributed by atoms with E-state index in [9.17, 15) is 0 Å². The van der Waals surface area contributed by atoms with Crippen molar-refractivity contribution >= 4 is 24.0 Å². The maximum Gasteiger partial charge on any atom is 0.0351 e. The number of hydrogen-bond donors (Lipinski definition) is 0. The average molecular weight is 246 g/mol. The zero-order chi connectivity index (χ0) is 9.80. The van der Waals surface area contributed by atoms with Crippen molar-refractivity contribution in [1.82, 2.24) is 4.90 Å². The molecule has 1 aromatic rings. The molecule has 1 atom stereocenters. The Kier molecular flexibility index (Phi) is 5.44. The normalized spacial score (nSPS) is 21.3. The topological polar surface area (TPSA) is 3.24 Å². The first-order chi connectivity index (χ1) is 6.92. The van der Waals surface area contributed by atoms with Crippen LogP contribution in [-0.4, -0.2) is 23.9 Å². The molecular formula is C12H17Cl2N. The molecule has 0 spiro atoms. The van der Waals surface area contributed by atoms with Crippen molar-refractivity contribution in [3.63, 3.8) is 0 Å². The Morgan fingerprint density at radius 1 is 1.27 bits per heavy atom. The Bertz CT molecular complexity index is 276. The van der Waals surface area contributed by atoms with Crippen LogP contribution in [0.25, 0.3) is 0 Å². The van der Waals surface area contributed by atoms with E-state index in [1.54, 1.807) is 0 Å². The van der Waals surface area contributed by atoms with E-state index >= 15 is 0 Å². The van der Waals surface area contributed by atoms with Crippen molar-refractivity contribution in [2.24, 2.45) is 0 Å². The van der Waals surface area contributed by atoms with Crippen LogP contribution < -0.4 is 0 Å². The van der Waals surface area contributed by atoms with Crippen LogP contribution in [0.1, 0.15) is 24.4 Å². The summed E-state index contributed by atoms with van der Waals surface area (Å²) in [5.41, 5.74) is 1.44. The highest BCUT2D eigenvalue weighted by molar-refractivity contribution is 6.18. The lowest BCUT2D eigenvalue weighted by molar-refractivity contribution is 0.273. The van der Waals surface area contributed by atoms with E-state index in [1.807, 2.05) is 0 Å². The predicted molar refractivity (Wildman–Crippen MR) is 68.0 cm³/mol. The minimum absolute atomic E-state index is 0. The molecule has 0 saturated carbocycles. The maximum absolute atomic E-state index is 5.79. The summed E-state index contributed by atoms with van der Waals surface area (Å²) in [5, 5.41) is 0. The van der Waals surface area contributed by atoms with Gasteiger partial charge in [0, 0.05) is 18.5 Å². The number of likely N-dealkylation sites (tertiary alicyclic amines) is 1. The third-order valence-electron chi connectivity index (χ3n) is 2.92. The molecule has 0 amide bonds. The van der Waals surface area contributed by atoms with E-state index in [0.29, 0.717) is 6.04 Å². The van der Waals surface area contributed by atoms with Gasteiger partial charge in [-0.25, -0.2) is 0 Å². The smallest absolute Gasteiger partial charge is 0.0351 e. The van der Waals surface area contributed by atoms with E-state index in [1.165, 1.54) is 24.9 Å². The second kappa shape index (κ2) is 6.37. The second-order valence-electron chi connectivity index (χ2n) is 3.79. The van der Waals surface area contributed by atoms with E-state index < -0.39 is 0 Å². The summed E-state index contributed by atoms with van der Waals surface area (Å²) in [7, 11) is 0. The first-order valence-electron chi connectivity index (χ1n) is 5.27. The van der Waals surface area contributed by atoms with Gasteiger partial charge in [0.2, 0.25) is 0 Å². The molecular weight excluding hydrogens is 229 g/mol. The maximum atomic E-state index is 5.79. The largest absolute Gasteiger partial charge is 0.295 e. The average Bonchev–Trinajstić information content (AvgIpc) is 2.68. The van der Waals surface area contributed by atoms with E-state index in [4.69, 9.17) is 11.6 Å². The van der Waals surface area contributed by atoms with Crippen LogP contribution >= 0.6 is 24.0 Å². The van der Waals surface area contributed by atoms with Crippen molar-refractivity contribution in [1.29, 1.82) is 0 Å². The number of nitrogens with zero attached hydrogens (tertiary/aromatic N) is 1. The van der Waals surface area contributed by atoms with Gasteiger partial charge in [0.05, 0.1) is 0 Å². The molecule has 3 heteroatoms. The van der Waals surface area contributed by atoms with Crippen molar-refractivity contribution in [2.45, 2.75) is 18.9 Å². The number of rotatable bonds is 3. The zero-order valence-electron chi connectivity index (χ0n) is 8.73. The zero-order valence-corrected chi connectivity index (χ0v) is 10.3. The van der Waals surface area contributed by atoms with Gasteiger partial charge in [-0.1, -0.05) is 30.3 Å². The van der Waals surface area contributed by atoms with Crippen LogP contribution in [0.5, 0.6) is 0 Å². The Morgan fingerprint density at radius 3 is 2.67 bits per heavy atom. The van der Waals surface area contributed by atoms with Gasteiger partial charge in [0.15, 0.2) is 0 Å². The van der Waals surface area contributed by atoms with Gasteiger partial charge in [-0.15, -0.1) is 24.0 Å². The molecule has 0 bridgehead atoms. The number of benzene rings is 1. The van der Waals surface area contributed by atoms with Crippen LogP contribution in [0.3, 0.4) is 0 Å². The van der Waals surface area contributed by atoms with E-state index in [0.717, 1.165) is 12.4 Å². The highest BCUT2D eigenvalue weighted by Gasteiger charge is 2.24. The number of halogens is 2. The molecule has 1 fully saturated rings. The standard InChI is InChI=1S/C12H16ClN.ClH/c13-8-10-14-9-4-7-12(14)11-5-2-1-3-6-11;/h1-3,5-6,12H,4,7-10H2;1H. The van der Waals surface area contributed by atoms with Crippen LogP contribution in [0, 0.1) is 0 Å². The van der Waals surface area contributed by atoms with Gasteiger partial charge in [-0.05, 0) is 24.9 Å².